The number of imidazole rings is 1. The molecule has 0 saturated heterocycles. The van der Waals surface area contributed by atoms with Crippen LogP contribution >= 0.6 is 11.8 Å². The maximum Gasteiger partial charge on any atom is 0.167 e. The van der Waals surface area contributed by atoms with Gasteiger partial charge in [0.25, 0.3) is 0 Å². The monoisotopic (exact) mass is 297 g/mol. The zero-order valence-electron chi connectivity index (χ0n) is 12.8. The first-order valence-corrected chi connectivity index (χ1v) is 7.98. The SMILES string of the molecule is Cc1cnc(C(C)Sc2nc3ccccc3[nH]2)c(C)c1C. The molecule has 1 N–H and O–H groups in total. The zero-order valence-corrected chi connectivity index (χ0v) is 13.6. The number of rotatable bonds is 3. The Morgan fingerprint density at radius 1 is 1.10 bits per heavy atom. The molecule has 0 amide bonds. The van der Waals surface area contributed by atoms with E-state index in [9.17, 15) is 0 Å². The molecule has 3 nitrogen and oxygen atoms in total. The number of fused-ring (bicyclic) bond motifs is 1. The maximum absolute atomic E-state index is 4.63. The predicted octanol–water partition coefficient (Wildman–Crippen LogP) is 4.74. The van der Waals surface area contributed by atoms with Gasteiger partial charge in [-0.1, -0.05) is 23.9 Å². The number of aromatic nitrogens is 3. The Bertz CT molecular complexity index is 759. The van der Waals surface area contributed by atoms with Gasteiger partial charge in [-0.15, -0.1) is 0 Å². The van der Waals surface area contributed by atoms with Gasteiger partial charge in [0.05, 0.1) is 22.0 Å². The quantitative estimate of drug-likeness (QED) is 0.710. The van der Waals surface area contributed by atoms with Gasteiger partial charge in [-0.3, -0.25) is 4.98 Å². The van der Waals surface area contributed by atoms with E-state index < -0.39 is 0 Å². The zero-order chi connectivity index (χ0) is 15.0. The van der Waals surface area contributed by atoms with Gasteiger partial charge in [-0.05, 0) is 56.5 Å². The molecule has 0 aliphatic carbocycles. The molecule has 21 heavy (non-hydrogen) atoms. The summed E-state index contributed by atoms with van der Waals surface area (Å²) in [7, 11) is 0. The molecule has 0 saturated carbocycles. The number of hydrogen-bond acceptors (Lipinski definition) is 3. The smallest absolute Gasteiger partial charge is 0.167 e. The lowest BCUT2D eigenvalue weighted by molar-refractivity contribution is 0.949. The molecule has 108 valence electrons. The molecule has 0 fully saturated rings. The van der Waals surface area contributed by atoms with Crippen molar-refractivity contribution in [3.05, 3.63) is 52.8 Å². The Labute approximate surface area is 129 Å². The number of H-pyrrole nitrogens is 1. The van der Waals surface area contributed by atoms with Crippen molar-refractivity contribution in [2.75, 3.05) is 0 Å². The van der Waals surface area contributed by atoms with Crippen LogP contribution in [0.2, 0.25) is 0 Å². The molecule has 0 bridgehead atoms. The molecule has 1 atom stereocenters. The number of nitrogens with one attached hydrogen (secondary N) is 1. The van der Waals surface area contributed by atoms with E-state index in [4.69, 9.17) is 0 Å². The van der Waals surface area contributed by atoms with E-state index in [1.165, 1.54) is 16.7 Å². The van der Waals surface area contributed by atoms with E-state index in [2.05, 4.69) is 48.7 Å². The van der Waals surface area contributed by atoms with Crippen LogP contribution in [0.25, 0.3) is 11.0 Å². The maximum atomic E-state index is 4.63. The summed E-state index contributed by atoms with van der Waals surface area (Å²) >= 11 is 1.72. The van der Waals surface area contributed by atoms with Gasteiger partial charge < -0.3 is 4.98 Å². The Morgan fingerprint density at radius 3 is 2.62 bits per heavy atom. The fraction of sp³-hybridized carbons (Fsp3) is 0.294. The highest BCUT2D eigenvalue weighted by molar-refractivity contribution is 7.99. The lowest BCUT2D eigenvalue weighted by Crippen LogP contribution is -2.01. The third kappa shape index (κ3) is 2.68. The summed E-state index contributed by atoms with van der Waals surface area (Å²) in [6.45, 7) is 8.60. The van der Waals surface area contributed by atoms with Crippen LogP contribution in [0.5, 0.6) is 0 Å². The second kappa shape index (κ2) is 5.53. The molecule has 2 aromatic heterocycles. The highest BCUT2D eigenvalue weighted by atomic mass is 32.2. The van der Waals surface area contributed by atoms with Crippen LogP contribution in [0, 0.1) is 20.8 Å². The summed E-state index contributed by atoms with van der Waals surface area (Å²) in [5.74, 6) is 0. The van der Waals surface area contributed by atoms with E-state index in [-0.39, 0.29) is 5.25 Å². The normalized spacial score (nSPS) is 12.8. The van der Waals surface area contributed by atoms with Gasteiger partial charge in [-0.25, -0.2) is 4.98 Å². The van der Waals surface area contributed by atoms with Crippen LogP contribution < -0.4 is 0 Å². The summed E-state index contributed by atoms with van der Waals surface area (Å²) in [6.07, 6.45) is 1.97. The first-order valence-electron chi connectivity index (χ1n) is 7.10. The van der Waals surface area contributed by atoms with Crippen molar-refractivity contribution in [3.63, 3.8) is 0 Å². The fourth-order valence-corrected chi connectivity index (χ4v) is 3.47. The molecular formula is C17H19N3S. The van der Waals surface area contributed by atoms with E-state index in [0.717, 1.165) is 21.9 Å². The molecule has 3 rings (SSSR count). The average Bonchev–Trinajstić information content (AvgIpc) is 2.86. The second-order valence-electron chi connectivity index (χ2n) is 5.40. The van der Waals surface area contributed by atoms with Crippen molar-refractivity contribution in [3.8, 4) is 0 Å². The Morgan fingerprint density at radius 2 is 1.86 bits per heavy atom. The summed E-state index contributed by atoms with van der Waals surface area (Å²) in [5, 5.41) is 1.22. The molecular weight excluding hydrogens is 278 g/mol. The van der Waals surface area contributed by atoms with E-state index in [1.54, 1.807) is 11.8 Å². The summed E-state index contributed by atoms with van der Waals surface area (Å²) in [5.41, 5.74) is 7.10. The van der Waals surface area contributed by atoms with Crippen molar-refractivity contribution >= 4 is 22.8 Å². The number of nitrogens with zero attached hydrogens (tertiary/aromatic N) is 2. The van der Waals surface area contributed by atoms with E-state index in [0.29, 0.717) is 0 Å². The Kier molecular flexibility index (Phi) is 3.72. The van der Waals surface area contributed by atoms with Crippen LogP contribution in [-0.2, 0) is 0 Å². The van der Waals surface area contributed by atoms with Gasteiger partial charge in [0, 0.05) is 6.20 Å². The summed E-state index contributed by atoms with van der Waals surface area (Å²) in [6, 6.07) is 8.11. The van der Waals surface area contributed by atoms with Crippen molar-refractivity contribution < 1.29 is 0 Å². The number of para-hydroxylation sites is 2. The molecule has 0 radical (unpaired) electrons. The minimum atomic E-state index is 0.268. The topological polar surface area (TPSA) is 41.6 Å². The number of hydrogen-bond donors (Lipinski definition) is 1. The van der Waals surface area contributed by atoms with Gasteiger partial charge in [0.2, 0.25) is 0 Å². The van der Waals surface area contributed by atoms with Crippen LogP contribution in [0.3, 0.4) is 0 Å². The minimum absolute atomic E-state index is 0.268. The Hall–Kier alpha value is -1.81. The van der Waals surface area contributed by atoms with Gasteiger partial charge in [-0.2, -0.15) is 0 Å². The van der Waals surface area contributed by atoms with E-state index in [1.807, 2.05) is 24.4 Å². The van der Waals surface area contributed by atoms with Crippen LogP contribution in [-0.4, -0.2) is 15.0 Å². The third-order valence-electron chi connectivity index (χ3n) is 3.98. The molecule has 0 aliphatic rings. The number of thioether (sulfide) groups is 1. The highest BCUT2D eigenvalue weighted by Crippen LogP contribution is 2.35. The third-order valence-corrected chi connectivity index (χ3v) is 4.97. The summed E-state index contributed by atoms with van der Waals surface area (Å²) in [4.78, 5) is 12.6. The van der Waals surface area contributed by atoms with Crippen LogP contribution in [0.15, 0.2) is 35.6 Å². The number of pyridine rings is 1. The van der Waals surface area contributed by atoms with Crippen LogP contribution in [0.4, 0.5) is 0 Å². The number of aryl methyl sites for hydroxylation is 1. The van der Waals surface area contributed by atoms with Crippen molar-refractivity contribution in [1.29, 1.82) is 0 Å². The van der Waals surface area contributed by atoms with Crippen molar-refractivity contribution in [1.82, 2.24) is 15.0 Å². The van der Waals surface area contributed by atoms with Crippen LogP contribution in [0.1, 0.15) is 34.6 Å². The first kappa shape index (κ1) is 14.1. The standard InChI is InChI=1S/C17H19N3S/c1-10-9-18-16(12(3)11(10)2)13(4)21-17-19-14-7-5-6-8-15(14)20-17/h5-9,13H,1-4H3,(H,19,20). The number of aromatic amines is 1. The van der Waals surface area contributed by atoms with Crippen molar-refractivity contribution in [2.45, 2.75) is 38.1 Å². The molecule has 2 heterocycles. The average molecular weight is 297 g/mol. The largest absolute Gasteiger partial charge is 0.333 e. The lowest BCUT2D eigenvalue weighted by Gasteiger charge is -2.15. The molecule has 0 spiro atoms. The van der Waals surface area contributed by atoms with Gasteiger partial charge in [0.15, 0.2) is 5.16 Å². The molecule has 0 aliphatic heterocycles. The molecule has 1 aromatic carbocycles. The highest BCUT2D eigenvalue weighted by Gasteiger charge is 2.16. The molecule has 4 heteroatoms. The fourth-order valence-electron chi connectivity index (χ4n) is 2.47. The van der Waals surface area contributed by atoms with E-state index >= 15 is 0 Å². The lowest BCUT2D eigenvalue weighted by atomic mass is 10.0. The molecule has 1 unspecified atom stereocenters. The van der Waals surface area contributed by atoms with Crippen molar-refractivity contribution in [2.24, 2.45) is 0 Å². The first-order chi connectivity index (χ1) is 10.1. The predicted molar refractivity (Wildman–Crippen MR) is 88.8 cm³/mol. The molecule has 3 aromatic rings. The minimum Gasteiger partial charge on any atom is -0.333 e. The summed E-state index contributed by atoms with van der Waals surface area (Å²) < 4.78 is 0. The van der Waals surface area contributed by atoms with Gasteiger partial charge >= 0.3 is 0 Å². The Balaban J connectivity index is 1.89. The second-order valence-corrected chi connectivity index (χ2v) is 6.73. The van der Waals surface area contributed by atoms with Gasteiger partial charge in [0.1, 0.15) is 0 Å². The number of benzene rings is 1.